The third-order valence-corrected chi connectivity index (χ3v) is 5.09. The van der Waals surface area contributed by atoms with Gasteiger partial charge in [-0.05, 0) is 56.3 Å². The first-order valence-electron chi connectivity index (χ1n) is 8.79. The molecule has 128 valence electrons. The molecule has 0 N–H and O–H groups in total. The molecule has 0 saturated carbocycles. The fourth-order valence-corrected chi connectivity index (χ4v) is 3.60. The number of nitrogens with zero attached hydrogens (tertiary/aromatic N) is 4. The van der Waals surface area contributed by atoms with Crippen LogP contribution in [0.25, 0.3) is 11.0 Å². The summed E-state index contributed by atoms with van der Waals surface area (Å²) in [5, 5.41) is 1.09. The van der Waals surface area contributed by atoms with Crippen LogP contribution in [-0.2, 0) is 13.6 Å². The van der Waals surface area contributed by atoms with Gasteiger partial charge < -0.3 is 4.57 Å². The van der Waals surface area contributed by atoms with Gasteiger partial charge in [-0.15, -0.1) is 0 Å². The van der Waals surface area contributed by atoms with Gasteiger partial charge in [0.15, 0.2) is 5.65 Å². The predicted molar refractivity (Wildman–Crippen MR) is 98.5 cm³/mol. The van der Waals surface area contributed by atoms with Gasteiger partial charge in [-0.3, -0.25) is 9.69 Å². The molecule has 0 unspecified atom stereocenters. The molecule has 5 nitrogen and oxygen atoms in total. The van der Waals surface area contributed by atoms with E-state index in [4.69, 9.17) is 4.98 Å². The fourth-order valence-electron chi connectivity index (χ4n) is 3.60. The van der Waals surface area contributed by atoms with Crippen LogP contribution in [0.5, 0.6) is 0 Å². The highest BCUT2D eigenvalue weighted by Crippen LogP contribution is 2.28. The van der Waals surface area contributed by atoms with Crippen LogP contribution < -0.4 is 5.56 Å². The third kappa shape index (κ3) is 3.33. The van der Waals surface area contributed by atoms with Crippen molar-refractivity contribution in [2.24, 2.45) is 7.05 Å². The second kappa shape index (κ2) is 6.76. The Kier molecular flexibility index (Phi) is 4.32. The number of fused-ring (bicyclic) bond motifs is 1. The summed E-state index contributed by atoms with van der Waals surface area (Å²) in [4.78, 5) is 23.7. The lowest BCUT2D eigenvalue weighted by atomic mass is 9.92. The van der Waals surface area contributed by atoms with Crippen molar-refractivity contribution in [1.82, 2.24) is 19.4 Å². The molecule has 0 radical (unpaired) electrons. The second-order valence-electron chi connectivity index (χ2n) is 6.79. The highest BCUT2D eigenvalue weighted by Gasteiger charge is 2.22. The van der Waals surface area contributed by atoms with Gasteiger partial charge >= 0.3 is 0 Å². The second-order valence-corrected chi connectivity index (χ2v) is 6.79. The lowest BCUT2D eigenvalue weighted by Gasteiger charge is -2.31. The van der Waals surface area contributed by atoms with Crippen LogP contribution in [0.1, 0.15) is 30.0 Å². The molecule has 4 rings (SSSR count). The smallest absolute Gasteiger partial charge is 0.254 e. The highest BCUT2D eigenvalue weighted by molar-refractivity contribution is 5.74. The molecule has 3 aromatic heterocycles. The van der Waals surface area contributed by atoms with E-state index in [9.17, 15) is 4.79 Å². The van der Waals surface area contributed by atoms with E-state index in [-0.39, 0.29) is 5.56 Å². The summed E-state index contributed by atoms with van der Waals surface area (Å²) in [5.74, 6) is 0.473. The van der Waals surface area contributed by atoms with Crippen molar-refractivity contribution in [2.45, 2.75) is 25.3 Å². The quantitative estimate of drug-likeness (QED) is 0.739. The number of aromatic nitrogens is 3. The van der Waals surface area contributed by atoms with Crippen LogP contribution in [-0.4, -0.2) is 32.5 Å². The van der Waals surface area contributed by atoms with Crippen LogP contribution >= 0.6 is 0 Å². The monoisotopic (exact) mass is 334 g/mol. The number of pyridine rings is 3. The largest absolute Gasteiger partial charge is 0.318 e. The summed E-state index contributed by atoms with van der Waals surface area (Å²) < 4.78 is 1.65. The molecule has 1 aliphatic rings. The standard InChI is InChI=1S/C20H22N4O/c1-23-11-3-5-17(20(23)25)14-24-12-8-15(9-13-24)18-7-6-16-4-2-10-21-19(16)22-18/h2-7,10-11,15H,8-9,12-14H2,1H3. The number of hydrogen-bond acceptors (Lipinski definition) is 4. The van der Waals surface area contributed by atoms with E-state index in [0.717, 1.165) is 54.8 Å². The molecule has 0 spiro atoms. The Morgan fingerprint density at radius 3 is 2.80 bits per heavy atom. The Labute approximate surface area is 147 Å². The van der Waals surface area contributed by atoms with Gasteiger partial charge in [-0.1, -0.05) is 6.07 Å². The molecular weight excluding hydrogens is 312 g/mol. The van der Waals surface area contributed by atoms with Crippen molar-refractivity contribution in [1.29, 1.82) is 0 Å². The van der Waals surface area contributed by atoms with Gasteiger partial charge in [-0.2, -0.15) is 0 Å². The van der Waals surface area contributed by atoms with Crippen LogP contribution in [0.4, 0.5) is 0 Å². The van der Waals surface area contributed by atoms with Gasteiger partial charge in [0.05, 0.1) is 0 Å². The molecule has 1 saturated heterocycles. The number of aryl methyl sites for hydroxylation is 1. The summed E-state index contributed by atoms with van der Waals surface area (Å²) in [7, 11) is 1.80. The number of likely N-dealkylation sites (tertiary alicyclic amines) is 1. The number of hydrogen-bond donors (Lipinski definition) is 0. The molecule has 0 bridgehead atoms. The van der Waals surface area contributed by atoms with Crippen molar-refractivity contribution in [3.63, 3.8) is 0 Å². The van der Waals surface area contributed by atoms with Crippen molar-refractivity contribution in [3.8, 4) is 0 Å². The first-order chi connectivity index (χ1) is 12.2. The van der Waals surface area contributed by atoms with E-state index in [2.05, 4.69) is 22.0 Å². The maximum atomic E-state index is 12.2. The predicted octanol–water partition coefficient (Wildman–Crippen LogP) is 2.71. The van der Waals surface area contributed by atoms with Crippen LogP contribution in [0.2, 0.25) is 0 Å². The average Bonchev–Trinajstić information content (AvgIpc) is 2.66. The summed E-state index contributed by atoms with van der Waals surface area (Å²) >= 11 is 0. The zero-order chi connectivity index (χ0) is 17.2. The van der Waals surface area contributed by atoms with E-state index in [1.807, 2.05) is 24.3 Å². The lowest BCUT2D eigenvalue weighted by molar-refractivity contribution is 0.202. The van der Waals surface area contributed by atoms with Gasteiger partial charge in [0, 0.05) is 48.5 Å². The molecule has 0 atom stereocenters. The Hall–Kier alpha value is -2.53. The SMILES string of the molecule is Cn1cccc(CN2CCC(c3ccc4cccnc4n3)CC2)c1=O. The summed E-state index contributed by atoms with van der Waals surface area (Å²) in [6, 6.07) is 12.1. The van der Waals surface area contributed by atoms with Crippen LogP contribution in [0.15, 0.2) is 53.6 Å². The van der Waals surface area contributed by atoms with Crippen molar-refractivity contribution in [3.05, 3.63) is 70.4 Å². The van der Waals surface area contributed by atoms with E-state index in [1.54, 1.807) is 24.0 Å². The molecule has 1 aliphatic heterocycles. The maximum absolute atomic E-state index is 12.2. The average molecular weight is 334 g/mol. The Morgan fingerprint density at radius 1 is 1.12 bits per heavy atom. The molecule has 4 heterocycles. The molecule has 5 heteroatoms. The molecule has 0 amide bonds. The van der Waals surface area contributed by atoms with Gasteiger partial charge in [0.1, 0.15) is 0 Å². The van der Waals surface area contributed by atoms with Gasteiger partial charge in [-0.25, -0.2) is 9.97 Å². The van der Waals surface area contributed by atoms with Crippen molar-refractivity contribution in [2.75, 3.05) is 13.1 Å². The molecule has 0 aliphatic carbocycles. The van der Waals surface area contributed by atoms with E-state index >= 15 is 0 Å². The fraction of sp³-hybridized carbons (Fsp3) is 0.350. The van der Waals surface area contributed by atoms with Gasteiger partial charge in [0.2, 0.25) is 0 Å². The topological polar surface area (TPSA) is 51.0 Å². The summed E-state index contributed by atoms with van der Waals surface area (Å²) in [5.41, 5.74) is 2.94. The summed E-state index contributed by atoms with van der Waals surface area (Å²) in [6.45, 7) is 2.71. The van der Waals surface area contributed by atoms with Crippen molar-refractivity contribution < 1.29 is 0 Å². The number of rotatable bonds is 3. The molecular formula is C20H22N4O. The van der Waals surface area contributed by atoms with E-state index in [1.165, 1.54) is 0 Å². The molecule has 1 fully saturated rings. The Morgan fingerprint density at radius 2 is 1.96 bits per heavy atom. The molecule has 3 aromatic rings. The minimum Gasteiger partial charge on any atom is -0.318 e. The minimum atomic E-state index is 0.104. The zero-order valence-electron chi connectivity index (χ0n) is 14.4. The van der Waals surface area contributed by atoms with E-state index in [0.29, 0.717) is 5.92 Å². The molecule has 0 aromatic carbocycles. The highest BCUT2D eigenvalue weighted by atomic mass is 16.1. The molecule has 25 heavy (non-hydrogen) atoms. The van der Waals surface area contributed by atoms with Gasteiger partial charge in [0.25, 0.3) is 5.56 Å². The maximum Gasteiger partial charge on any atom is 0.254 e. The first-order valence-corrected chi connectivity index (χ1v) is 8.79. The first kappa shape index (κ1) is 16.0. The lowest BCUT2D eigenvalue weighted by Crippen LogP contribution is -2.35. The number of piperidine rings is 1. The van der Waals surface area contributed by atoms with Crippen LogP contribution in [0, 0.1) is 0 Å². The Bertz CT molecular complexity index is 942. The summed E-state index contributed by atoms with van der Waals surface area (Å²) in [6.07, 6.45) is 5.73. The zero-order valence-corrected chi connectivity index (χ0v) is 14.4. The normalized spacial score (nSPS) is 16.4. The Balaban J connectivity index is 1.43. The van der Waals surface area contributed by atoms with E-state index < -0.39 is 0 Å². The van der Waals surface area contributed by atoms with Crippen molar-refractivity contribution >= 4 is 11.0 Å². The third-order valence-electron chi connectivity index (χ3n) is 5.09. The minimum absolute atomic E-state index is 0.104. The van der Waals surface area contributed by atoms with Crippen LogP contribution in [0.3, 0.4) is 0 Å².